The summed E-state index contributed by atoms with van der Waals surface area (Å²) in [6.45, 7) is 0.0905. The van der Waals surface area contributed by atoms with Gasteiger partial charge in [0.1, 0.15) is 10.8 Å². The Morgan fingerprint density at radius 3 is 2.44 bits per heavy atom. The predicted molar refractivity (Wildman–Crippen MR) is 58.0 cm³/mol. The van der Waals surface area contributed by atoms with Crippen LogP contribution in [0.1, 0.15) is 5.56 Å². The molecule has 92 valence electrons. The molecular weight excluding hydrogens is 331 g/mol. The van der Waals surface area contributed by atoms with E-state index >= 15 is 0 Å². The van der Waals surface area contributed by atoms with E-state index in [2.05, 4.69) is 15.9 Å². The number of thiophene rings is 1. The van der Waals surface area contributed by atoms with E-state index in [1.54, 1.807) is 6.92 Å². The molecule has 0 radical (unpaired) electrons. The molecule has 0 amide bonds. The summed E-state index contributed by atoms with van der Waals surface area (Å²) < 4.78 is 60.3. The summed E-state index contributed by atoms with van der Waals surface area (Å²) in [5.41, 5.74) is 0.664. The molecule has 0 aromatic carbocycles. The number of aryl methyl sites for hydroxylation is 1. The third kappa shape index (κ3) is 3.72. The first-order valence-electron chi connectivity index (χ1n) is 3.94. The van der Waals surface area contributed by atoms with Gasteiger partial charge in [-0.3, -0.25) is 0 Å². The van der Waals surface area contributed by atoms with Crippen LogP contribution in [0.2, 0.25) is 0 Å². The topological polar surface area (TPSA) is 46.2 Å². The Morgan fingerprint density at radius 2 is 2.06 bits per heavy atom. The molecule has 0 saturated heterocycles. The quantitative estimate of drug-likeness (QED) is 0.921. The highest BCUT2D eigenvalue weighted by Gasteiger charge is 2.30. The van der Waals surface area contributed by atoms with Gasteiger partial charge in [0.2, 0.25) is 10.0 Å². The molecule has 1 heterocycles. The smallest absolute Gasteiger partial charge is 0.206 e. The molecule has 0 saturated carbocycles. The van der Waals surface area contributed by atoms with E-state index in [0.29, 0.717) is 9.35 Å². The molecule has 0 spiro atoms. The highest BCUT2D eigenvalue weighted by molar-refractivity contribution is 9.11. The maximum absolute atomic E-state index is 11.9. The van der Waals surface area contributed by atoms with Gasteiger partial charge in [0.05, 0.1) is 3.79 Å². The third-order valence-corrected chi connectivity index (χ3v) is 5.57. The summed E-state index contributed by atoms with van der Waals surface area (Å²) in [7, 11) is -4.08. The van der Waals surface area contributed by atoms with Crippen LogP contribution < -0.4 is 4.72 Å². The third-order valence-electron chi connectivity index (χ3n) is 1.56. The van der Waals surface area contributed by atoms with E-state index in [1.165, 1.54) is 10.8 Å². The van der Waals surface area contributed by atoms with E-state index in [0.717, 1.165) is 11.3 Å². The average molecular weight is 338 g/mol. The molecule has 1 N–H and O–H groups in total. The van der Waals surface area contributed by atoms with E-state index in [4.69, 9.17) is 0 Å². The molecule has 9 heteroatoms. The van der Waals surface area contributed by atoms with Gasteiger partial charge in [-0.2, -0.15) is 13.2 Å². The Morgan fingerprint density at radius 1 is 1.50 bits per heavy atom. The Labute approximate surface area is 103 Å². The summed E-state index contributed by atoms with van der Waals surface area (Å²) in [6.07, 6.45) is -4.56. The lowest BCUT2D eigenvalue weighted by molar-refractivity contribution is -0.121. The molecule has 1 aromatic rings. The van der Waals surface area contributed by atoms with Crippen LogP contribution in [0, 0.1) is 6.92 Å². The molecule has 0 fully saturated rings. The number of hydrogen-bond acceptors (Lipinski definition) is 3. The molecule has 0 aliphatic carbocycles. The van der Waals surface area contributed by atoms with Gasteiger partial charge in [-0.05, 0) is 34.5 Å². The van der Waals surface area contributed by atoms with Crippen LogP contribution in [0.4, 0.5) is 13.2 Å². The Kier molecular flexibility index (Phi) is 4.04. The van der Waals surface area contributed by atoms with Gasteiger partial charge in [-0.15, -0.1) is 11.3 Å². The molecule has 0 bridgehead atoms. The van der Waals surface area contributed by atoms with Crippen molar-refractivity contribution < 1.29 is 21.6 Å². The highest BCUT2D eigenvalue weighted by Crippen LogP contribution is 2.30. The van der Waals surface area contributed by atoms with Gasteiger partial charge in [0.25, 0.3) is 0 Å². The number of hydrogen-bond donors (Lipinski definition) is 1. The van der Waals surface area contributed by atoms with Crippen LogP contribution in [-0.4, -0.2) is 21.1 Å². The largest absolute Gasteiger partial charge is 0.402 e. The van der Waals surface area contributed by atoms with Gasteiger partial charge in [-0.1, -0.05) is 0 Å². The fraction of sp³-hybridized carbons (Fsp3) is 0.429. The summed E-state index contributed by atoms with van der Waals surface area (Å²) in [5, 5.41) is 0. The zero-order valence-electron chi connectivity index (χ0n) is 7.93. The zero-order chi connectivity index (χ0) is 12.6. The van der Waals surface area contributed by atoms with Gasteiger partial charge >= 0.3 is 6.18 Å². The predicted octanol–water partition coefficient (Wildman–Crippen LogP) is 2.66. The Balaban J connectivity index is 2.87. The normalized spacial score (nSPS) is 13.1. The van der Waals surface area contributed by atoms with Crippen molar-refractivity contribution in [2.45, 2.75) is 17.3 Å². The van der Waals surface area contributed by atoms with E-state index in [9.17, 15) is 21.6 Å². The lowest BCUT2D eigenvalue weighted by atomic mass is 10.4. The molecule has 1 aromatic heterocycles. The second kappa shape index (κ2) is 4.63. The van der Waals surface area contributed by atoms with Gasteiger partial charge in [0, 0.05) is 0 Å². The van der Waals surface area contributed by atoms with Gasteiger partial charge < -0.3 is 0 Å². The van der Waals surface area contributed by atoms with Crippen molar-refractivity contribution >= 4 is 37.3 Å². The fourth-order valence-corrected chi connectivity index (χ4v) is 4.10. The first-order chi connectivity index (χ1) is 7.12. The zero-order valence-corrected chi connectivity index (χ0v) is 11.1. The summed E-state index contributed by atoms with van der Waals surface area (Å²) >= 11 is 3.97. The van der Waals surface area contributed by atoms with Crippen LogP contribution in [0.5, 0.6) is 0 Å². The summed E-state index contributed by atoms with van der Waals surface area (Å²) in [6, 6.07) is 1.31. The number of alkyl halides is 3. The van der Waals surface area contributed by atoms with Gasteiger partial charge in [0.15, 0.2) is 0 Å². The fourth-order valence-electron chi connectivity index (χ4n) is 0.812. The van der Waals surface area contributed by atoms with E-state index in [-0.39, 0.29) is 4.21 Å². The lowest BCUT2D eigenvalue weighted by Crippen LogP contribution is -2.33. The monoisotopic (exact) mass is 337 g/mol. The number of nitrogens with one attached hydrogen (secondary N) is 1. The molecule has 16 heavy (non-hydrogen) atoms. The molecule has 0 unspecified atom stereocenters. The van der Waals surface area contributed by atoms with Crippen LogP contribution in [0.25, 0.3) is 0 Å². The van der Waals surface area contributed by atoms with Crippen molar-refractivity contribution in [2.75, 3.05) is 6.54 Å². The first kappa shape index (κ1) is 13.9. The second-order valence-electron chi connectivity index (χ2n) is 2.96. The molecule has 0 aliphatic heterocycles. The number of halogens is 4. The van der Waals surface area contributed by atoms with Crippen molar-refractivity contribution in [3.05, 3.63) is 15.4 Å². The molecule has 0 atom stereocenters. The Hall–Kier alpha value is -0.120. The van der Waals surface area contributed by atoms with Crippen molar-refractivity contribution in [1.82, 2.24) is 4.72 Å². The highest BCUT2D eigenvalue weighted by atomic mass is 79.9. The maximum atomic E-state index is 11.9. The molecular formula is C7H7BrF3NO2S2. The molecule has 0 aliphatic rings. The maximum Gasteiger partial charge on any atom is 0.402 e. The Bertz CT molecular complexity index is 461. The lowest BCUT2D eigenvalue weighted by Gasteiger charge is -2.07. The summed E-state index contributed by atoms with van der Waals surface area (Å²) in [4.78, 5) is 0. The van der Waals surface area contributed by atoms with Crippen molar-refractivity contribution in [3.63, 3.8) is 0 Å². The van der Waals surface area contributed by atoms with Gasteiger partial charge in [-0.25, -0.2) is 13.1 Å². The average Bonchev–Trinajstić information content (AvgIpc) is 2.44. The van der Waals surface area contributed by atoms with Crippen LogP contribution in [0.15, 0.2) is 14.1 Å². The first-order valence-corrected chi connectivity index (χ1v) is 7.03. The number of sulfonamides is 1. The molecule has 1 rings (SSSR count). The minimum Gasteiger partial charge on any atom is -0.206 e. The second-order valence-corrected chi connectivity index (χ2v) is 7.33. The minimum atomic E-state index is -4.56. The van der Waals surface area contributed by atoms with E-state index < -0.39 is 22.7 Å². The van der Waals surface area contributed by atoms with Crippen molar-refractivity contribution in [2.24, 2.45) is 0 Å². The minimum absolute atomic E-state index is 0.138. The standard InChI is InChI=1S/C7H7BrF3NO2S2/c1-4-2-5(15-6(4)8)16(13,14)12-3-7(9,10)11/h2,12H,3H2,1H3. The van der Waals surface area contributed by atoms with Crippen LogP contribution in [0.3, 0.4) is 0 Å². The van der Waals surface area contributed by atoms with Crippen LogP contribution in [-0.2, 0) is 10.0 Å². The summed E-state index contributed by atoms with van der Waals surface area (Å²) in [5.74, 6) is 0. The molecule has 3 nitrogen and oxygen atoms in total. The van der Waals surface area contributed by atoms with Crippen LogP contribution >= 0.6 is 27.3 Å². The van der Waals surface area contributed by atoms with Crippen molar-refractivity contribution in [3.8, 4) is 0 Å². The SMILES string of the molecule is Cc1cc(S(=O)(=O)NCC(F)(F)F)sc1Br. The number of rotatable bonds is 3. The van der Waals surface area contributed by atoms with E-state index in [1.807, 2.05) is 0 Å². The van der Waals surface area contributed by atoms with Crippen molar-refractivity contribution in [1.29, 1.82) is 0 Å².